The molecule has 0 atom stereocenters. The lowest BCUT2D eigenvalue weighted by atomic mass is 10.2. The molecule has 0 aliphatic heterocycles. The van der Waals surface area contributed by atoms with E-state index in [-0.39, 0.29) is 17.9 Å². The molecule has 5 heteroatoms. The van der Waals surface area contributed by atoms with Crippen LogP contribution < -0.4 is 0 Å². The van der Waals surface area contributed by atoms with Crippen molar-refractivity contribution in [2.24, 2.45) is 5.92 Å². The molecule has 0 aromatic rings. The summed E-state index contributed by atoms with van der Waals surface area (Å²) >= 11 is 0. The predicted molar refractivity (Wildman–Crippen MR) is 69.1 cm³/mol. The second-order valence-corrected chi connectivity index (χ2v) is 4.54. The molecule has 0 spiro atoms. The number of carbonyl (C=O) groups excluding carboxylic acids is 2. The number of esters is 2. The molecule has 0 fully saturated rings. The van der Waals surface area contributed by atoms with Gasteiger partial charge in [-0.2, -0.15) is 0 Å². The summed E-state index contributed by atoms with van der Waals surface area (Å²) in [4.78, 5) is 24.2. The van der Waals surface area contributed by atoms with Gasteiger partial charge in [-0.15, -0.1) is 0 Å². The largest absolute Gasteiger partial charge is 0.464 e. The van der Waals surface area contributed by atoms with Crippen molar-refractivity contribution in [2.45, 2.75) is 20.8 Å². The van der Waals surface area contributed by atoms with Gasteiger partial charge in [-0.25, -0.2) is 4.79 Å². The van der Waals surface area contributed by atoms with Crippen LogP contribution in [0.4, 0.5) is 0 Å². The van der Waals surface area contributed by atoms with Crippen molar-refractivity contribution in [3.8, 4) is 0 Å². The van der Waals surface area contributed by atoms with Crippen molar-refractivity contribution in [1.29, 1.82) is 0 Å². The van der Waals surface area contributed by atoms with Gasteiger partial charge >= 0.3 is 11.9 Å². The average Bonchev–Trinajstić information content (AvgIpc) is 2.28. The summed E-state index contributed by atoms with van der Waals surface area (Å²) in [6.07, 6.45) is 0. The van der Waals surface area contributed by atoms with E-state index in [9.17, 15) is 9.59 Å². The molecular weight excluding hydrogens is 234 g/mol. The summed E-state index contributed by atoms with van der Waals surface area (Å²) in [7, 11) is 1.87. The van der Waals surface area contributed by atoms with Crippen LogP contribution in [0.3, 0.4) is 0 Å². The lowest BCUT2D eigenvalue weighted by molar-refractivity contribution is -0.147. The highest BCUT2D eigenvalue weighted by molar-refractivity contribution is 5.86. The Kier molecular flexibility index (Phi) is 8.03. The van der Waals surface area contributed by atoms with Gasteiger partial charge in [-0.3, -0.25) is 9.69 Å². The first-order valence-electron chi connectivity index (χ1n) is 6.02. The Labute approximate surface area is 109 Å². The van der Waals surface area contributed by atoms with Crippen molar-refractivity contribution >= 4 is 11.9 Å². The van der Waals surface area contributed by atoms with Crippen LogP contribution in [0.2, 0.25) is 0 Å². The highest BCUT2D eigenvalue weighted by Crippen LogP contribution is 1.96. The number of hydrogen-bond acceptors (Lipinski definition) is 5. The fourth-order valence-electron chi connectivity index (χ4n) is 0.998. The average molecular weight is 257 g/mol. The van der Waals surface area contributed by atoms with E-state index < -0.39 is 0 Å². The lowest BCUT2D eigenvalue weighted by Crippen LogP contribution is -2.29. The van der Waals surface area contributed by atoms with Gasteiger partial charge in [0, 0.05) is 18.7 Å². The van der Waals surface area contributed by atoms with E-state index in [1.54, 1.807) is 20.8 Å². The van der Waals surface area contributed by atoms with Gasteiger partial charge in [-0.1, -0.05) is 20.4 Å². The summed E-state index contributed by atoms with van der Waals surface area (Å²) < 4.78 is 9.99. The summed E-state index contributed by atoms with van der Waals surface area (Å²) in [5.41, 5.74) is 0.392. The first-order chi connectivity index (χ1) is 8.34. The van der Waals surface area contributed by atoms with Gasteiger partial charge in [0.2, 0.25) is 0 Å². The summed E-state index contributed by atoms with van der Waals surface area (Å²) in [5, 5.41) is 0. The molecule has 0 N–H and O–H groups in total. The Bertz CT molecular complexity index is 299. The summed E-state index contributed by atoms with van der Waals surface area (Å²) in [5.74, 6) is -0.682. The SMILES string of the molecule is C=C(C)C(=O)OCCN(C)CCOC(=O)C(C)C. The minimum atomic E-state index is -0.380. The molecule has 0 aliphatic rings. The van der Waals surface area contributed by atoms with Crippen molar-refractivity contribution in [3.05, 3.63) is 12.2 Å². The first kappa shape index (κ1) is 16.6. The number of ether oxygens (including phenoxy) is 2. The van der Waals surface area contributed by atoms with Crippen LogP contribution in [0, 0.1) is 5.92 Å². The van der Waals surface area contributed by atoms with Crippen LogP contribution in [-0.4, -0.2) is 50.2 Å². The van der Waals surface area contributed by atoms with E-state index in [2.05, 4.69) is 6.58 Å². The zero-order chi connectivity index (χ0) is 14.1. The quantitative estimate of drug-likeness (QED) is 0.483. The molecule has 0 amide bonds. The molecule has 0 saturated heterocycles. The Morgan fingerprint density at radius 2 is 1.67 bits per heavy atom. The number of hydrogen-bond donors (Lipinski definition) is 0. The molecule has 0 heterocycles. The van der Waals surface area contributed by atoms with E-state index in [0.717, 1.165) is 0 Å². The molecule has 0 aromatic heterocycles. The zero-order valence-corrected chi connectivity index (χ0v) is 11.7. The van der Waals surface area contributed by atoms with E-state index in [1.165, 1.54) is 0 Å². The van der Waals surface area contributed by atoms with Gasteiger partial charge < -0.3 is 9.47 Å². The second kappa shape index (κ2) is 8.69. The number of nitrogens with zero attached hydrogens (tertiary/aromatic N) is 1. The van der Waals surface area contributed by atoms with Gasteiger partial charge in [0.15, 0.2) is 0 Å². The molecule has 0 bridgehead atoms. The molecule has 0 saturated carbocycles. The second-order valence-electron chi connectivity index (χ2n) is 4.54. The predicted octanol–water partition coefficient (Wildman–Crippen LogP) is 1.24. The molecule has 0 unspecified atom stereocenters. The van der Waals surface area contributed by atoms with Crippen molar-refractivity contribution in [2.75, 3.05) is 33.4 Å². The molecule has 0 radical (unpaired) electrons. The minimum absolute atomic E-state index is 0.105. The Hall–Kier alpha value is -1.36. The third kappa shape index (κ3) is 7.84. The molecule has 0 aromatic carbocycles. The molecule has 104 valence electrons. The highest BCUT2D eigenvalue weighted by atomic mass is 16.5. The van der Waals surface area contributed by atoms with Crippen LogP contribution in [-0.2, 0) is 19.1 Å². The zero-order valence-electron chi connectivity index (χ0n) is 11.7. The fraction of sp³-hybridized carbons (Fsp3) is 0.692. The molecule has 0 rings (SSSR count). The monoisotopic (exact) mass is 257 g/mol. The first-order valence-corrected chi connectivity index (χ1v) is 6.02. The normalized spacial score (nSPS) is 10.6. The molecule has 0 aliphatic carbocycles. The van der Waals surface area contributed by atoms with Crippen LogP contribution in [0.5, 0.6) is 0 Å². The molecule has 18 heavy (non-hydrogen) atoms. The maximum atomic E-state index is 11.2. The summed E-state index contributed by atoms with van der Waals surface area (Å²) in [6.45, 7) is 10.6. The van der Waals surface area contributed by atoms with Crippen molar-refractivity contribution in [1.82, 2.24) is 4.90 Å². The maximum absolute atomic E-state index is 11.2. The van der Waals surface area contributed by atoms with Crippen LogP contribution >= 0.6 is 0 Å². The lowest BCUT2D eigenvalue weighted by Gasteiger charge is -2.16. The maximum Gasteiger partial charge on any atom is 0.333 e. The van der Waals surface area contributed by atoms with E-state index in [1.807, 2.05) is 11.9 Å². The number of likely N-dealkylation sites (N-methyl/N-ethyl adjacent to an activating group) is 1. The van der Waals surface area contributed by atoms with Gasteiger partial charge in [-0.05, 0) is 14.0 Å². The third-order valence-electron chi connectivity index (χ3n) is 2.24. The Morgan fingerprint density at radius 3 is 2.11 bits per heavy atom. The van der Waals surface area contributed by atoms with Gasteiger partial charge in [0.05, 0.1) is 5.92 Å². The molecule has 5 nitrogen and oxygen atoms in total. The van der Waals surface area contributed by atoms with Crippen LogP contribution in [0.25, 0.3) is 0 Å². The number of carbonyl (C=O) groups is 2. The van der Waals surface area contributed by atoms with Gasteiger partial charge in [0.25, 0.3) is 0 Å². The highest BCUT2D eigenvalue weighted by Gasteiger charge is 2.09. The standard InChI is InChI=1S/C13H23NO4/c1-10(2)12(15)17-8-6-14(5)7-9-18-13(16)11(3)4/h11H,1,6-9H2,2-5H3. The van der Waals surface area contributed by atoms with E-state index in [0.29, 0.717) is 31.9 Å². The Balaban J connectivity index is 3.60. The van der Waals surface area contributed by atoms with E-state index in [4.69, 9.17) is 9.47 Å². The van der Waals surface area contributed by atoms with Crippen LogP contribution in [0.1, 0.15) is 20.8 Å². The third-order valence-corrected chi connectivity index (χ3v) is 2.24. The minimum Gasteiger partial charge on any atom is -0.464 e. The van der Waals surface area contributed by atoms with Crippen molar-refractivity contribution < 1.29 is 19.1 Å². The summed E-state index contributed by atoms with van der Waals surface area (Å²) in [6, 6.07) is 0. The molecular formula is C13H23NO4. The van der Waals surface area contributed by atoms with E-state index >= 15 is 0 Å². The van der Waals surface area contributed by atoms with Crippen LogP contribution in [0.15, 0.2) is 12.2 Å². The Morgan fingerprint density at radius 1 is 1.17 bits per heavy atom. The number of rotatable bonds is 8. The van der Waals surface area contributed by atoms with Crippen molar-refractivity contribution in [3.63, 3.8) is 0 Å². The topological polar surface area (TPSA) is 55.8 Å². The van der Waals surface area contributed by atoms with Gasteiger partial charge in [0.1, 0.15) is 13.2 Å². The smallest absolute Gasteiger partial charge is 0.333 e. The fourth-order valence-corrected chi connectivity index (χ4v) is 0.998.